The van der Waals surface area contributed by atoms with Crippen LogP contribution < -0.4 is 5.32 Å². The quantitative estimate of drug-likeness (QED) is 0.287. The van der Waals surface area contributed by atoms with Gasteiger partial charge in [0.05, 0.1) is 17.4 Å². The first-order chi connectivity index (χ1) is 14.4. The molecule has 9 heteroatoms. The van der Waals surface area contributed by atoms with Gasteiger partial charge in [-0.25, -0.2) is 0 Å². The van der Waals surface area contributed by atoms with Gasteiger partial charge in [-0.05, 0) is 23.8 Å². The Hall–Kier alpha value is -2.51. The van der Waals surface area contributed by atoms with Gasteiger partial charge in [0.2, 0.25) is 3.79 Å². The van der Waals surface area contributed by atoms with Crippen molar-refractivity contribution in [2.24, 2.45) is 0 Å². The van der Waals surface area contributed by atoms with Gasteiger partial charge in [-0.1, -0.05) is 95.6 Å². The summed E-state index contributed by atoms with van der Waals surface area (Å²) in [7, 11) is 0. The zero-order valence-electron chi connectivity index (χ0n) is 15.3. The molecule has 1 N–H and O–H groups in total. The van der Waals surface area contributed by atoms with Gasteiger partial charge >= 0.3 is 0 Å². The molecule has 0 unspecified atom stereocenters. The van der Waals surface area contributed by atoms with Crippen LogP contribution in [0.15, 0.2) is 66.9 Å². The summed E-state index contributed by atoms with van der Waals surface area (Å²) in [6.45, 7) is 0. The van der Waals surface area contributed by atoms with Crippen molar-refractivity contribution in [3.63, 3.8) is 0 Å². The molecule has 0 aliphatic carbocycles. The maximum absolute atomic E-state index is 6.13. The van der Waals surface area contributed by atoms with Gasteiger partial charge in [0, 0.05) is 11.6 Å². The number of nitrogens with one attached hydrogen (secondary N) is 1. The number of para-hydroxylation sites is 1. The summed E-state index contributed by atoms with van der Waals surface area (Å²) in [5.41, 5.74) is 2.89. The Bertz CT molecular complexity index is 1230. The molecule has 0 bridgehead atoms. The summed E-state index contributed by atoms with van der Waals surface area (Å²) >= 11 is 23.9. The van der Waals surface area contributed by atoms with Crippen molar-refractivity contribution < 1.29 is 0 Å². The first-order valence-electron chi connectivity index (χ1n) is 8.84. The molecule has 0 radical (unpaired) electrons. The molecule has 2 aromatic heterocycles. The minimum atomic E-state index is -1.79. The predicted octanol–water partition coefficient (Wildman–Crippen LogP) is 6.07. The smallest absolute Gasteiger partial charge is 0.236 e. The summed E-state index contributed by atoms with van der Waals surface area (Å²) in [6.07, 6.45) is 5.23. The molecule has 0 aliphatic heterocycles. The number of anilines is 1. The molecule has 0 aliphatic rings. The number of alkyl halides is 3. The molecule has 0 saturated heterocycles. The Kier molecular flexibility index (Phi) is 6.01. The number of benzene rings is 2. The Balaban J connectivity index is 1.67. The van der Waals surface area contributed by atoms with Gasteiger partial charge in [-0.2, -0.15) is 4.80 Å². The molecular weight excluding hydrogens is 461 g/mol. The number of aromatic nitrogens is 4. The van der Waals surface area contributed by atoms with E-state index in [1.807, 2.05) is 66.7 Å². The van der Waals surface area contributed by atoms with Crippen molar-refractivity contribution in [2.75, 3.05) is 5.32 Å². The number of nitrogens with zero attached hydrogens (tertiary/aromatic N) is 4. The highest BCUT2D eigenvalue weighted by atomic mass is 35.6. The summed E-state index contributed by atoms with van der Waals surface area (Å²) < 4.78 is -1.79. The second-order valence-electron chi connectivity index (χ2n) is 6.28. The van der Waals surface area contributed by atoms with E-state index >= 15 is 0 Å². The number of hydrogen-bond donors (Lipinski definition) is 1. The van der Waals surface area contributed by atoms with Crippen molar-refractivity contribution in [3.05, 3.63) is 83.8 Å². The SMILES string of the molecule is S=C(Nc1cccc2cccnc12)c1nn(/C=C/c2ccccc2)nc1C(Cl)(Cl)Cl. The van der Waals surface area contributed by atoms with Crippen LogP contribution in [0.2, 0.25) is 0 Å². The fourth-order valence-electron chi connectivity index (χ4n) is 2.84. The second-order valence-corrected chi connectivity index (χ2v) is 8.97. The van der Waals surface area contributed by atoms with Crippen LogP contribution in [0, 0.1) is 0 Å². The Morgan fingerprint density at radius 2 is 1.73 bits per heavy atom. The lowest BCUT2D eigenvalue weighted by Crippen LogP contribution is -2.16. The summed E-state index contributed by atoms with van der Waals surface area (Å²) in [4.78, 5) is 6.01. The van der Waals surface area contributed by atoms with Gasteiger partial charge in [-0.3, -0.25) is 4.98 Å². The van der Waals surface area contributed by atoms with Crippen LogP contribution in [0.4, 0.5) is 5.69 Å². The number of pyridine rings is 1. The van der Waals surface area contributed by atoms with E-state index in [0.717, 1.165) is 22.2 Å². The number of thiocarbonyl (C=S) groups is 1. The summed E-state index contributed by atoms with van der Waals surface area (Å²) in [6, 6.07) is 19.3. The molecule has 0 saturated carbocycles. The molecule has 0 spiro atoms. The minimum Gasteiger partial charge on any atom is -0.343 e. The third-order valence-corrected chi connectivity index (χ3v) is 5.03. The normalized spacial score (nSPS) is 11.8. The highest BCUT2D eigenvalue weighted by molar-refractivity contribution is 7.81. The second kappa shape index (κ2) is 8.70. The molecule has 5 nitrogen and oxygen atoms in total. The first-order valence-corrected chi connectivity index (χ1v) is 10.4. The first kappa shape index (κ1) is 20.8. The zero-order chi connectivity index (χ0) is 21.1. The summed E-state index contributed by atoms with van der Waals surface area (Å²) in [5, 5.41) is 12.8. The van der Waals surface area contributed by atoms with Crippen molar-refractivity contribution in [1.29, 1.82) is 0 Å². The minimum absolute atomic E-state index is 0.135. The maximum Gasteiger partial charge on any atom is 0.236 e. The van der Waals surface area contributed by atoms with Gasteiger partial charge in [0.15, 0.2) is 0 Å². The van der Waals surface area contributed by atoms with Crippen LogP contribution in [0.3, 0.4) is 0 Å². The lowest BCUT2D eigenvalue weighted by molar-refractivity contribution is 0.784. The average molecular weight is 475 g/mol. The molecule has 150 valence electrons. The highest BCUT2D eigenvalue weighted by Gasteiger charge is 2.33. The van der Waals surface area contributed by atoms with E-state index in [-0.39, 0.29) is 16.4 Å². The molecule has 30 heavy (non-hydrogen) atoms. The van der Waals surface area contributed by atoms with Crippen molar-refractivity contribution in [3.8, 4) is 0 Å². The van der Waals surface area contributed by atoms with Gasteiger partial charge < -0.3 is 5.32 Å². The average Bonchev–Trinajstić information content (AvgIpc) is 3.18. The molecule has 4 rings (SSSR count). The van der Waals surface area contributed by atoms with E-state index in [1.54, 1.807) is 12.4 Å². The van der Waals surface area contributed by atoms with Gasteiger partial charge in [0.25, 0.3) is 0 Å². The maximum atomic E-state index is 6.13. The standard InChI is InChI=1S/C21H14Cl3N5S/c22-21(23,24)19-18(27-29(28-19)13-11-14-6-2-1-3-7-14)20(30)26-16-10-4-8-15-9-5-12-25-17(15)16/h1-13H,(H,26,30)/b13-11+. The third kappa shape index (κ3) is 4.63. The van der Waals surface area contributed by atoms with Crippen molar-refractivity contribution in [1.82, 2.24) is 20.0 Å². The number of hydrogen-bond acceptors (Lipinski definition) is 4. The molecular formula is C21H14Cl3N5S. The van der Waals surface area contributed by atoms with Gasteiger partial charge in [0.1, 0.15) is 16.4 Å². The Morgan fingerprint density at radius 3 is 2.50 bits per heavy atom. The van der Waals surface area contributed by atoms with Crippen molar-refractivity contribution >= 4 is 80.9 Å². The number of rotatable bonds is 4. The summed E-state index contributed by atoms with van der Waals surface area (Å²) in [5.74, 6) is 0. The third-order valence-electron chi connectivity index (χ3n) is 4.19. The fourth-order valence-corrected chi connectivity index (χ4v) is 3.47. The fraction of sp³-hybridized carbons (Fsp3) is 0.0476. The molecule has 2 heterocycles. The monoisotopic (exact) mass is 473 g/mol. The zero-order valence-corrected chi connectivity index (χ0v) is 18.4. The van der Waals surface area contributed by atoms with E-state index in [9.17, 15) is 0 Å². The van der Waals surface area contributed by atoms with Crippen LogP contribution >= 0.6 is 47.0 Å². The lowest BCUT2D eigenvalue weighted by atomic mass is 10.2. The highest BCUT2D eigenvalue weighted by Crippen LogP contribution is 2.38. The molecule has 0 amide bonds. The molecule has 0 fully saturated rings. The predicted molar refractivity (Wildman–Crippen MR) is 128 cm³/mol. The number of halogens is 3. The topological polar surface area (TPSA) is 55.6 Å². The molecule has 0 atom stereocenters. The van der Waals surface area contributed by atoms with E-state index in [4.69, 9.17) is 47.0 Å². The van der Waals surface area contributed by atoms with Crippen molar-refractivity contribution in [2.45, 2.75) is 3.79 Å². The Morgan fingerprint density at radius 1 is 0.967 bits per heavy atom. The van der Waals surface area contributed by atoms with Crippen LogP contribution in [0.5, 0.6) is 0 Å². The van der Waals surface area contributed by atoms with Crippen LogP contribution in [-0.4, -0.2) is 25.0 Å². The van der Waals surface area contributed by atoms with Crippen LogP contribution in [0.1, 0.15) is 17.0 Å². The Labute approximate surface area is 193 Å². The number of fused-ring (bicyclic) bond motifs is 1. The molecule has 4 aromatic rings. The van der Waals surface area contributed by atoms with E-state index in [0.29, 0.717) is 0 Å². The van der Waals surface area contributed by atoms with E-state index in [2.05, 4.69) is 20.5 Å². The molecule has 2 aromatic carbocycles. The largest absolute Gasteiger partial charge is 0.343 e. The van der Waals surface area contributed by atoms with Crippen LogP contribution in [0.25, 0.3) is 23.2 Å². The van der Waals surface area contributed by atoms with E-state index < -0.39 is 3.79 Å². The van der Waals surface area contributed by atoms with Gasteiger partial charge in [-0.15, -0.1) is 10.2 Å². The lowest BCUT2D eigenvalue weighted by Gasteiger charge is -2.12. The van der Waals surface area contributed by atoms with E-state index in [1.165, 1.54) is 4.80 Å². The van der Waals surface area contributed by atoms with Crippen LogP contribution in [-0.2, 0) is 3.79 Å².